The minimum Gasteiger partial charge on any atom is -0.383 e. The molecular formula is C11H15N5O2. The molecule has 0 aromatic carbocycles. The summed E-state index contributed by atoms with van der Waals surface area (Å²) < 4.78 is 12.3. The highest BCUT2D eigenvalue weighted by atomic mass is 16.5. The first-order valence-corrected chi connectivity index (χ1v) is 5.83. The van der Waals surface area contributed by atoms with Crippen molar-refractivity contribution >= 4 is 5.82 Å². The van der Waals surface area contributed by atoms with Crippen molar-refractivity contribution < 1.29 is 9.26 Å². The van der Waals surface area contributed by atoms with Gasteiger partial charge in [-0.25, -0.2) is 0 Å². The van der Waals surface area contributed by atoms with Crippen molar-refractivity contribution in [3.8, 4) is 11.5 Å². The topological polar surface area (TPSA) is 92.0 Å². The van der Waals surface area contributed by atoms with Crippen LogP contribution in [0.5, 0.6) is 0 Å². The van der Waals surface area contributed by atoms with Crippen molar-refractivity contribution in [2.75, 3.05) is 12.8 Å². The normalized spacial score (nSPS) is 17.7. The molecule has 96 valence electrons. The lowest BCUT2D eigenvalue weighted by Crippen LogP contribution is -2.37. The summed E-state index contributed by atoms with van der Waals surface area (Å²) in [5.74, 6) is 1.48. The number of hydrogen-bond donors (Lipinski definition) is 1. The van der Waals surface area contributed by atoms with Crippen LogP contribution in [-0.4, -0.2) is 27.0 Å². The SMILES string of the molecule is COC1(c2noc(-c3cnn(C)c3N)n2)CCC1. The fourth-order valence-electron chi connectivity index (χ4n) is 2.15. The van der Waals surface area contributed by atoms with Gasteiger partial charge in [0.05, 0.1) is 6.20 Å². The van der Waals surface area contributed by atoms with Gasteiger partial charge in [-0.05, 0) is 19.3 Å². The number of hydrogen-bond acceptors (Lipinski definition) is 6. The average molecular weight is 249 g/mol. The van der Waals surface area contributed by atoms with E-state index in [1.54, 1.807) is 25.0 Å². The van der Waals surface area contributed by atoms with Gasteiger partial charge in [0.25, 0.3) is 5.89 Å². The molecule has 0 bridgehead atoms. The van der Waals surface area contributed by atoms with Gasteiger partial charge in [0.2, 0.25) is 5.82 Å². The molecule has 2 aromatic rings. The van der Waals surface area contributed by atoms with Gasteiger partial charge in [-0.3, -0.25) is 4.68 Å². The lowest BCUT2D eigenvalue weighted by atomic mass is 9.79. The highest BCUT2D eigenvalue weighted by Gasteiger charge is 2.43. The molecule has 0 spiro atoms. The molecule has 18 heavy (non-hydrogen) atoms. The number of aryl methyl sites for hydroxylation is 1. The van der Waals surface area contributed by atoms with Crippen molar-refractivity contribution in [2.45, 2.75) is 24.9 Å². The van der Waals surface area contributed by atoms with Crippen LogP contribution in [0.4, 0.5) is 5.82 Å². The van der Waals surface area contributed by atoms with E-state index in [1.165, 1.54) is 0 Å². The average Bonchev–Trinajstić information content (AvgIpc) is 2.88. The first-order valence-electron chi connectivity index (χ1n) is 5.83. The predicted octanol–water partition coefficient (Wildman–Crippen LogP) is 1.08. The summed E-state index contributed by atoms with van der Waals surface area (Å²) in [5, 5.41) is 8.06. The number of nitrogens with two attached hydrogens (primary N) is 1. The summed E-state index contributed by atoms with van der Waals surface area (Å²) in [6, 6.07) is 0. The van der Waals surface area contributed by atoms with E-state index >= 15 is 0 Å². The van der Waals surface area contributed by atoms with Crippen molar-refractivity contribution in [3.05, 3.63) is 12.0 Å². The second kappa shape index (κ2) is 3.81. The molecule has 2 aromatic heterocycles. The maximum Gasteiger partial charge on any atom is 0.263 e. The molecule has 7 heteroatoms. The Kier molecular flexibility index (Phi) is 2.37. The number of ether oxygens (including phenoxy) is 1. The summed E-state index contributed by atoms with van der Waals surface area (Å²) in [4.78, 5) is 4.38. The molecular weight excluding hydrogens is 234 g/mol. The van der Waals surface area contributed by atoms with E-state index in [4.69, 9.17) is 15.0 Å². The monoisotopic (exact) mass is 249 g/mol. The Morgan fingerprint density at radius 2 is 2.28 bits per heavy atom. The zero-order chi connectivity index (χ0) is 12.8. The van der Waals surface area contributed by atoms with E-state index in [0.29, 0.717) is 23.1 Å². The number of anilines is 1. The zero-order valence-electron chi connectivity index (χ0n) is 10.4. The molecule has 2 heterocycles. The molecule has 0 amide bonds. The van der Waals surface area contributed by atoms with Gasteiger partial charge in [0.1, 0.15) is 17.0 Å². The van der Waals surface area contributed by atoms with Gasteiger partial charge in [0.15, 0.2) is 0 Å². The number of nitrogens with zero attached hydrogens (tertiary/aromatic N) is 4. The smallest absolute Gasteiger partial charge is 0.263 e. The van der Waals surface area contributed by atoms with Crippen LogP contribution in [0, 0.1) is 0 Å². The van der Waals surface area contributed by atoms with Gasteiger partial charge in [-0.15, -0.1) is 0 Å². The molecule has 1 saturated carbocycles. The predicted molar refractivity (Wildman–Crippen MR) is 63.5 cm³/mol. The molecule has 3 rings (SSSR count). The maximum absolute atomic E-state index is 5.87. The summed E-state index contributed by atoms with van der Waals surface area (Å²) in [6.45, 7) is 0. The molecule has 0 radical (unpaired) electrons. The van der Waals surface area contributed by atoms with Crippen LogP contribution in [0.1, 0.15) is 25.1 Å². The molecule has 7 nitrogen and oxygen atoms in total. The van der Waals surface area contributed by atoms with Crippen LogP contribution >= 0.6 is 0 Å². The Labute approximate surface area is 104 Å². The van der Waals surface area contributed by atoms with E-state index in [9.17, 15) is 0 Å². The minimum atomic E-state index is -0.376. The van der Waals surface area contributed by atoms with E-state index < -0.39 is 0 Å². The lowest BCUT2D eigenvalue weighted by Gasteiger charge is -2.37. The fourth-order valence-corrected chi connectivity index (χ4v) is 2.15. The summed E-state index contributed by atoms with van der Waals surface area (Å²) in [7, 11) is 3.44. The lowest BCUT2D eigenvalue weighted by molar-refractivity contribution is -0.0858. The van der Waals surface area contributed by atoms with Gasteiger partial charge in [-0.2, -0.15) is 10.1 Å². The molecule has 1 aliphatic rings. The molecule has 1 fully saturated rings. The summed E-state index contributed by atoms with van der Waals surface area (Å²) in [6.07, 6.45) is 4.58. The Morgan fingerprint density at radius 3 is 2.78 bits per heavy atom. The highest BCUT2D eigenvalue weighted by molar-refractivity contribution is 5.66. The molecule has 2 N–H and O–H groups in total. The second-order valence-electron chi connectivity index (χ2n) is 4.54. The molecule has 1 aliphatic carbocycles. The van der Waals surface area contributed by atoms with Crippen LogP contribution in [0.2, 0.25) is 0 Å². The van der Waals surface area contributed by atoms with Gasteiger partial charge in [0, 0.05) is 14.2 Å². The Morgan fingerprint density at radius 1 is 1.50 bits per heavy atom. The van der Waals surface area contributed by atoms with E-state index in [2.05, 4.69) is 15.2 Å². The Balaban J connectivity index is 1.97. The largest absolute Gasteiger partial charge is 0.383 e. The minimum absolute atomic E-state index is 0.376. The zero-order valence-corrected chi connectivity index (χ0v) is 10.4. The van der Waals surface area contributed by atoms with Crippen molar-refractivity contribution in [3.63, 3.8) is 0 Å². The van der Waals surface area contributed by atoms with Crippen molar-refractivity contribution in [2.24, 2.45) is 7.05 Å². The molecule has 0 saturated heterocycles. The maximum atomic E-state index is 5.87. The van der Waals surface area contributed by atoms with E-state index in [1.807, 2.05) is 0 Å². The van der Waals surface area contributed by atoms with Crippen LogP contribution in [0.3, 0.4) is 0 Å². The standard InChI is InChI=1S/C11H15N5O2/c1-16-8(12)7(6-13-16)9-14-10(15-18-9)11(17-2)4-3-5-11/h6H,3-5,12H2,1-2H3. The number of methoxy groups -OCH3 is 1. The van der Waals surface area contributed by atoms with Crippen LogP contribution in [-0.2, 0) is 17.4 Å². The fraction of sp³-hybridized carbons (Fsp3) is 0.545. The molecule has 0 aliphatic heterocycles. The third kappa shape index (κ3) is 1.43. The molecule has 0 unspecified atom stereocenters. The second-order valence-corrected chi connectivity index (χ2v) is 4.54. The third-order valence-electron chi connectivity index (χ3n) is 3.60. The number of aromatic nitrogens is 4. The number of nitrogen functional groups attached to an aromatic ring is 1. The third-order valence-corrected chi connectivity index (χ3v) is 3.60. The van der Waals surface area contributed by atoms with E-state index in [0.717, 1.165) is 19.3 Å². The highest BCUT2D eigenvalue weighted by Crippen LogP contribution is 2.43. The van der Waals surface area contributed by atoms with Crippen molar-refractivity contribution in [1.82, 2.24) is 19.9 Å². The van der Waals surface area contributed by atoms with Crippen LogP contribution < -0.4 is 5.73 Å². The first-order chi connectivity index (χ1) is 8.66. The van der Waals surface area contributed by atoms with Gasteiger partial charge in [-0.1, -0.05) is 5.16 Å². The molecule has 0 atom stereocenters. The summed E-state index contributed by atoms with van der Waals surface area (Å²) >= 11 is 0. The summed E-state index contributed by atoms with van der Waals surface area (Å²) in [5.41, 5.74) is 6.15. The first kappa shape index (κ1) is 11.2. The van der Waals surface area contributed by atoms with Crippen LogP contribution in [0.25, 0.3) is 11.5 Å². The van der Waals surface area contributed by atoms with Crippen LogP contribution in [0.15, 0.2) is 10.7 Å². The van der Waals surface area contributed by atoms with Gasteiger partial charge < -0.3 is 15.0 Å². The Bertz CT molecular complexity index is 564. The van der Waals surface area contributed by atoms with E-state index in [-0.39, 0.29) is 5.60 Å². The number of rotatable bonds is 3. The van der Waals surface area contributed by atoms with Crippen molar-refractivity contribution in [1.29, 1.82) is 0 Å². The van der Waals surface area contributed by atoms with Gasteiger partial charge >= 0.3 is 0 Å². The Hall–Kier alpha value is -1.89. The quantitative estimate of drug-likeness (QED) is 0.875.